The smallest absolute Gasteiger partial charge is 0.129 e. The zero-order valence-electron chi connectivity index (χ0n) is 16.0. The molecule has 2 aliphatic rings. The summed E-state index contributed by atoms with van der Waals surface area (Å²) in [7, 11) is 0. The minimum atomic E-state index is -0.101. The highest BCUT2D eigenvalue weighted by Crippen LogP contribution is 2.44. The van der Waals surface area contributed by atoms with Crippen molar-refractivity contribution in [1.82, 2.24) is 0 Å². The van der Waals surface area contributed by atoms with Gasteiger partial charge in [-0.25, -0.2) is 0 Å². The van der Waals surface area contributed by atoms with Crippen LogP contribution in [0.15, 0.2) is 30.3 Å². The number of benzene rings is 2. The minimum absolute atomic E-state index is 0.101. The van der Waals surface area contributed by atoms with Crippen LogP contribution in [0.25, 0.3) is 0 Å². The molecule has 3 heteroatoms. The van der Waals surface area contributed by atoms with Gasteiger partial charge in [-0.2, -0.15) is 0 Å². The van der Waals surface area contributed by atoms with Crippen molar-refractivity contribution < 1.29 is 14.6 Å². The van der Waals surface area contributed by atoms with E-state index in [0.29, 0.717) is 12.4 Å². The molecule has 2 aromatic carbocycles. The molecule has 2 aromatic rings. The maximum Gasteiger partial charge on any atom is 0.129 e. The van der Waals surface area contributed by atoms with Crippen LogP contribution >= 0.6 is 0 Å². The van der Waals surface area contributed by atoms with Crippen molar-refractivity contribution in [3.8, 4) is 17.2 Å². The first kappa shape index (κ1) is 17.3. The number of phenolic OH excluding ortho intramolecular Hbond substituents is 1. The van der Waals surface area contributed by atoms with Crippen molar-refractivity contribution in [2.75, 3.05) is 6.61 Å². The van der Waals surface area contributed by atoms with Gasteiger partial charge in [-0.05, 0) is 68.4 Å². The fourth-order valence-corrected chi connectivity index (χ4v) is 4.14. The number of aromatic hydroxyl groups is 1. The van der Waals surface area contributed by atoms with Crippen LogP contribution in [0.2, 0.25) is 0 Å². The summed E-state index contributed by atoms with van der Waals surface area (Å²) >= 11 is 0. The van der Waals surface area contributed by atoms with Gasteiger partial charge in [0, 0.05) is 11.5 Å². The highest BCUT2D eigenvalue weighted by Gasteiger charge is 2.32. The molecule has 1 atom stereocenters. The lowest BCUT2D eigenvalue weighted by Gasteiger charge is -2.35. The molecule has 2 aliphatic heterocycles. The van der Waals surface area contributed by atoms with E-state index in [2.05, 4.69) is 45.0 Å². The quantitative estimate of drug-likeness (QED) is 0.828. The Kier molecular flexibility index (Phi) is 4.34. The van der Waals surface area contributed by atoms with Crippen molar-refractivity contribution in [1.29, 1.82) is 0 Å². The van der Waals surface area contributed by atoms with Crippen molar-refractivity contribution in [2.24, 2.45) is 0 Å². The number of phenols is 1. The van der Waals surface area contributed by atoms with Gasteiger partial charge in [-0.15, -0.1) is 0 Å². The first-order chi connectivity index (χ1) is 12.5. The van der Waals surface area contributed by atoms with Gasteiger partial charge in [-0.1, -0.05) is 31.5 Å². The van der Waals surface area contributed by atoms with Gasteiger partial charge < -0.3 is 14.6 Å². The lowest BCUT2D eigenvalue weighted by molar-refractivity contribution is 0.0827. The molecule has 1 N–H and O–H groups in total. The third-order valence-corrected chi connectivity index (χ3v) is 5.66. The normalized spacial score (nSPS) is 20.5. The summed E-state index contributed by atoms with van der Waals surface area (Å²) in [4.78, 5) is 0. The van der Waals surface area contributed by atoms with E-state index < -0.39 is 0 Å². The molecule has 0 amide bonds. The highest BCUT2D eigenvalue weighted by molar-refractivity contribution is 5.53. The van der Waals surface area contributed by atoms with Crippen molar-refractivity contribution in [3.63, 3.8) is 0 Å². The fraction of sp³-hybridized carbons (Fsp3) is 0.478. The van der Waals surface area contributed by atoms with E-state index in [1.165, 1.54) is 11.1 Å². The van der Waals surface area contributed by atoms with Gasteiger partial charge in [0.2, 0.25) is 0 Å². The SMILES string of the molecule is CCCc1ccc(C2COc3c(ccc4c3CCC(C)(C)O4)C2)cc1O. The van der Waals surface area contributed by atoms with Crippen LogP contribution in [0.3, 0.4) is 0 Å². The van der Waals surface area contributed by atoms with Crippen molar-refractivity contribution in [3.05, 3.63) is 52.6 Å². The molecule has 2 heterocycles. The average Bonchev–Trinajstić information content (AvgIpc) is 2.62. The molecule has 26 heavy (non-hydrogen) atoms. The molecule has 0 aromatic heterocycles. The highest BCUT2D eigenvalue weighted by atomic mass is 16.5. The Morgan fingerprint density at radius 3 is 2.81 bits per heavy atom. The average molecular weight is 352 g/mol. The third kappa shape index (κ3) is 3.15. The van der Waals surface area contributed by atoms with Gasteiger partial charge in [0.15, 0.2) is 0 Å². The molecule has 0 spiro atoms. The number of ether oxygens (including phenoxy) is 2. The lowest BCUT2D eigenvalue weighted by atomic mass is 9.86. The van der Waals surface area contributed by atoms with Crippen LogP contribution in [-0.2, 0) is 19.3 Å². The molecule has 0 radical (unpaired) electrons. The summed E-state index contributed by atoms with van der Waals surface area (Å²) in [5.41, 5.74) is 4.56. The van der Waals surface area contributed by atoms with Gasteiger partial charge in [-0.3, -0.25) is 0 Å². The first-order valence-corrected chi connectivity index (χ1v) is 9.75. The Bertz CT molecular complexity index is 822. The molecular weight excluding hydrogens is 324 g/mol. The first-order valence-electron chi connectivity index (χ1n) is 9.75. The van der Waals surface area contributed by atoms with Crippen molar-refractivity contribution in [2.45, 2.75) is 64.4 Å². The Labute approximate surface area is 156 Å². The molecule has 0 saturated heterocycles. The number of fused-ring (bicyclic) bond motifs is 3. The predicted octanol–water partition coefficient (Wildman–Crippen LogP) is 5.17. The van der Waals surface area contributed by atoms with Gasteiger partial charge in [0.25, 0.3) is 0 Å². The fourth-order valence-electron chi connectivity index (χ4n) is 4.14. The van der Waals surface area contributed by atoms with Gasteiger partial charge >= 0.3 is 0 Å². The van der Waals surface area contributed by atoms with E-state index in [0.717, 1.165) is 54.7 Å². The second-order valence-electron chi connectivity index (χ2n) is 8.24. The summed E-state index contributed by atoms with van der Waals surface area (Å²) < 4.78 is 12.3. The van der Waals surface area contributed by atoms with E-state index in [4.69, 9.17) is 9.47 Å². The number of hydrogen-bond acceptors (Lipinski definition) is 3. The number of hydrogen-bond donors (Lipinski definition) is 1. The molecular formula is C23H28O3. The van der Waals surface area contributed by atoms with E-state index in [-0.39, 0.29) is 11.5 Å². The zero-order valence-corrected chi connectivity index (χ0v) is 16.0. The minimum Gasteiger partial charge on any atom is -0.508 e. The summed E-state index contributed by atoms with van der Waals surface area (Å²) in [6.45, 7) is 7.06. The van der Waals surface area contributed by atoms with Crippen LogP contribution in [0.5, 0.6) is 17.2 Å². The molecule has 1 unspecified atom stereocenters. The van der Waals surface area contributed by atoms with Crippen molar-refractivity contribution >= 4 is 0 Å². The van der Waals surface area contributed by atoms with Gasteiger partial charge in [0.05, 0.1) is 6.61 Å². The summed E-state index contributed by atoms with van der Waals surface area (Å²) in [6.07, 6.45) is 4.91. The van der Waals surface area contributed by atoms with E-state index >= 15 is 0 Å². The number of rotatable bonds is 3. The molecule has 0 saturated carbocycles. The standard InChI is InChI=1S/C23H28O3/c1-4-5-15-6-7-16(13-20(15)24)18-12-17-8-9-21-19(22(17)25-14-18)10-11-23(2,3)26-21/h6-9,13,18,24H,4-5,10-12,14H2,1-3H3. The van der Waals surface area contributed by atoms with Crippen LogP contribution in [0, 0.1) is 0 Å². The van der Waals surface area contributed by atoms with E-state index in [1.54, 1.807) is 0 Å². The maximum absolute atomic E-state index is 10.3. The Hall–Kier alpha value is -2.16. The molecule has 0 fully saturated rings. The predicted molar refractivity (Wildman–Crippen MR) is 104 cm³/mol. The van der Waals surface area contributed by atoms with Gasteiger partial charge in [0.1, 0.15) is 22.8 Å². The monoisotopic (exact) mass is 352 g/mol. The van der Waals surface area contributed by atoms with Crippen LogP contribution < -0.4 is 9.47 Å². The molecule has 4 rings (SSSR count). The Morgan fingerprint density at radius 2 is 2.04 bits per heavy atom. The molecule has 138 valence electrons. The molecule has 0 aliphatic carbocycles. The third-order valence-electron chi connectivity index (χ3n) is 5.66. The largest absolute Gasteiger partial charge is 0.508 e. The topological polar surface area (TPSA) is 38.7 Å². The molecule has 3 nitrogen and oxygen atoms in total. The lowest BCUT2D eigenvalue weighted by Crippen LogP contribution is -2.33. The Balaban J connectivity index is 1.58. The van der Waals surface area contributed by atoms with Crippen LogP contribution in [-0.4, -0.2) is 17.3 Å². The summed E-state index contributed by atoms with van der Waals surface area (Å²) in [6, 6.07) is 10.4. The molecule has 0 bridgehead atoms. The zero-order chi connectivity index (χ0) is 18.3. The van der Waals surface area contributed by atoms with Crippen LogP contribution in [0.4, 0.5) is 0 Å². The number of aryl methyl sites for hydroxylation is 1. The summed E-state index contributed by atoms with van der Waals surface area (Å²) in [5.74, 6) is 2.69. The van der Waals surface area contributed by atoms with E-state index in [1.807, 2.05) is 6.07 Å². The second-order valence-corrected chi connectivity index (χ2v) is 8.24. The Morgan fingerprint density at radius 1 is 1.19 bits per heavy atom. The maximum atomic E-state index is 10.3. The second kappa shape index (κ2) is 6.53. The van der Waals surface area contributed by atoms with E-state index in [9.17, 15) is 5.11 Å². The summed E-state index contributed by atoms with van der Waals surface area (Å²) in [5, 5.41) is 10.3. The van der Waals surface area contributed by atoms with Crippen LogP contribution in [0.1, 0.15) is 61.8 Å².